The number of nitrogen functional groups attached to an aromatic ring is 1. The lowest BCUT2D eigenvalue weighted by molar-refractivity contribution is 0.632. The van der Waals surface area contributed by atoms with E-state index in [9.17, 15) is 4.39 Å². The first kappa shape index (κ1) is 11.2. The largest absolute Gasteiger partial charge is 0.398 e. The van der Waals surface area contributed by atoms with E-state index in [4.69, 9.17) is 28.9 Å². The summed E-state index contributed by atoms with van der Waals surface area (Å²) in [5, 5.41) is 0.906. The molecule has 0 bridgehead atoms. The van der Waals surface area contributed by atoms with Crippen LogP contribution in [0.3, 0.4) is 0 Å². The smallest absolute Gasteiger partial charge is 0.133 e. The molecule has 0 aliphatic rings. The average molecular weight is 256 g/mol. The molecule has 2 aromatic carbocycles. The molecule has 0 aromatic heterocycles. The van der Waals surface area contributed by atoms with Gasteiger partial charge in [-0.05, 0) is 30.3 Å². The first-order valence-corrected chi connectivity index (χ1v) is 5.34. The Balaban J connectivity index is 2.72. The van der Waals surface area contributed by atoms with Crippen LogP contribution in [0, 0.1) is 5.82 Å². The molecule has 2 aromatic rings. The van der Waals surface area contributed by atoms with Gasteiger partial charge in [-0.25, -0.2) is 4.39 Å². The highest BCUT2D eigenvalue weighted by Crippen LogP contribution is 2.35. The zero-order valence-electron chi connectivity index (χ0n) is 8.18. The molecule has 0 unspecified atom stereocenters. The standard InChI is InChI=1S/C12H8Cl2FN/c13-7-4-5-9(14)8(6-7)12-10(15)2-1-3-11(12)16/h1-6H,16H2. The van der Waals surface area contributed by atoms with Crippen molar-refractivity contribution >= 4 is 28.9 Å². The van der Waals surface area contributed by atoms with E-state index < -0.39 is 5.82 Å². The molecule has 82 valence electrons. The lowest BCUT2D eigenvalue weighted by Crippen LogP contribution is -1.93. The zero-order chi connectivity index (χ0) is 11.7. The van der Waals surface area contributed by atoms with Crippen LogP contribution >= 0.6 is 23.2 Å². The van der Waals surface area contributed by atoms with Crippen LogP contribution in [-0.2, 0) is 0 Å². The molecule has 2 N–H and O–H groups in total. The molecule has 0 atom stereocenters. The summed E-state index contributed by atoms with van der Waals surface area (Å²) in [5.41, 5.74) is 6.86. The Morgan fingerprint density at radius 3 is 2.50 bits per heavy atom. The number of nitrogens with two attached hydrogens (primary N) is 1. The van der Waals surface area contributed by atoms with Crippen LogP contribution in [0.25, 0.3) is 11.1 Å². The Hall–Kier alpha value is -1.25. The third-order valence-electron chi connectivity index (χ3n) is 2.24. The Morgan fingerprint density at radius 1 is 1.06 bits per heavy atom. The van der Waals surface area contributed by atoms with Crippen molar-refractivity contribution in [2.45, 2.75) is 0 Å². The molecular formula is C12H8Cl2FN. The summed E-state index contributed by atoms with van der Waals surface area (Å²) < 4.78 is 13.7. The second-order valence-electron chi connectivity index (χ2n) is 3.33. The molecule has 16 heavy (non-hydrogen) atoms. The van der Waals surface area contributed by atoms with Crippen molar-refractivity contribution in [3.8, 4) is 11.1 Å². The quantitative estimate of drug-likeness (QED) is 0.752. The minimum atomic E-state index is -0.413. The van der Waals surface area contributed by atoms with Gasteiger partial charge in [0.05, 0.1) is 0 Å². The van der Waals surface area contributed by atoms with Crippen LogP contribution < -0.4 is 5.73 Å². The van der Waals surface area contributed by atoms with Gasteiger partial charge in [0.2, 0.25) is 0 Å². The fourth-order valence-electron chi connectivity index (χ4n) is 1.51. The number of hydrogen-bond donors (Lipinski definition) is 1. The molecule has 1 nitrogen and oxygen atoms in total. The third-order valence-corrected chi connectivity index (χ3v) is 2.81. The fraction of sp³-hybridized carbons (Fsp3) is 0. The molecule has 0 radical (unpaired) electrons. The molecule has 4 heteroatoms. The van der Waals surface area contributed by atoms with E-state index in [2.05, 4.69) is 0 Å². The van der Waals surface area contributed by atoms with Gasteiger partial charge in [0.25, 0.3) is 0 Å². The average Bonchev–Trinajstić information content (AvgIpc) is 2.23. The lowest BCUT2D eigenvalue weighted by Gasteiger charge is -2.09. The molecule has 0 amide bonds. The van der Waals surface area contributed by atoms with Crippen molar-refractivity contribution in [1.82, 2.24) is 0 Å². The summed E-state index contributed by atoms with van der Waals surface area (Å²) >= 11 is 11.8. The maximum absolute atomic E-state index is 13.7. The van der Waals surface area contributed by atoms with Crippen molar-refractivity contribution in [3.63, 3.8) is 0 Å². The maximum atomic E-state index is 13.7. The lowest BCUT2D eigenvalue weighted by atomic mass is 10.0. The second kappa shape index (κ2) is 4.32. The number of rotatable bonds is 1. The molecule has 2 rings (SSSR count). The fourth-order valence-corrected chi connectivity index (χ4v) is 1.90. The molecule has 0 saturated carbocycles. The van der Waals surface area contributed by atoms with Gasteiger partial charge < -0.3 is 5.73 Å². The summed E-state index contributed by atoms with van der Waals surface area (Å²) in [5.74, 6) is -0.413. The molecule has 0 fully saturated rings. The van der Waals surface area contributed by atoms with E-state index in [1.807, 2.05) is 0 Å². The van der Waals surface area contributed by atoms with Crippen LogP contribution in [0.5, 0.6) is 0 Å². The van der Waals surface area contributed by atoms with Crippen molar-refractivity contribution < 1.29 is 4.39 Å². The van der Waals surface area contributed by atoms with Gasteiger partial charge in [0.15, 0.2) is 0 Å². The summed E-state index contributed by atoms with van der Waals surface area (Å²) in [6.45, 7) is 0. The van der Waals surface area contributed by atoms with E-state index in [0.29, 0.717) is 21.3 Å². The van der Waals surface area contributed by atoms with Gasteiger partial charge in [-0.3, -0.25) is 0 Å². The summed E-state index contributed by atoms with van der Waals surface area (Å²) in [4.78, 5) is 0. The second-order valence-corrected chi connectivity index (χ2v) is 4.17. The van der Waals surface area contributed by atoms with Gasteiger partial charge in [-0.1, -0.05) is 29.3 Å². The molecule has 0 heterocycles. The van der Waals surface area contributed by atoms with Gasteiger partial charge in [0, 0.05) is 26.9 Å². The van der Waals surface area contributed by atoms with E-state index in [0.717, 1.165) is 0 Å². The first-order chi connectivity index (χ1) is 7.59. The number of benzene rings is 2. The predicted molar refractivity (Wildman–Crippen MR) is 66.3 cm³/mol. The van der Waals surface area contributed by atoms with Crippen LogP contribution in [-0.4, -0.2) is 0 Å². The van der Waals surface area contributed by atoms with Gasteiger partial charge >= 0.3 is 0 Å². The number of hydrogen-bond acceptors (Lipinski definition) is 1. The molecular weight excluding hydrogens is 248 g/mol. The molecule has 0 aliphatic carbocycles. The zero-order valence-corrected chi connectivity index (χ0v) is 9.69. The summed E-state index contributed by atoms with van der Waals surface area (Å²) in [6.07, 6.45) is 0. The van der Waals surface area contributed by atoms with Crippen LogP contribution in [0.2, 0.25) is 10.0 Å². The van der Waals surface area contributed by atoms with E-state index in [1.54, 1.807) is 30.3 Å². The monoisotopic (exact) mass is 255 g/mol. The molecule has 0 spiro atoms. The van der Waals surface area contributed by atoms with Crippen LogP contribution in [0.1, 0.15) is 0 Å². The number of halogens is 3. The predicted octanol–water partition coefficient (Wildman–Crippen LogP) is 4.38. The molecule has 0 saturated heterocycles. The van der Waals surface area contributed by atoms with E-state index in [-0.39, 0.29) is 5.56 Å². The summed E-state index contributed by atoms with van der Waals surface area (Å²) in [7, 11) is 0. The first-order valence-electron chi connectivity index (χ1n) is 4.59. The van der Waals surface area contributed by atoms with Gasteiger partial charge in [-0.2, -0.15) is 0 Å². The SMILES string of the molecule is Nc1cccc(F)c1-c1cc(Cl)ccc1Cl. The normalized spacial score (nSPS) is 10.4. The third kappa shape index (κ3) is 1.99. The van der Waals surface area contributed by atoms with Crippen molar-refractivity contribution in [2.75, 3.05) is 5.73 Å². The van der Waals surface area contributed by atoms with Crippen molar-refractivity contribution in [3.05, 3.63) is 52.3 Å². The Bertz CT molecular complexity index is 520. The maximum Gasteiger partial charge on any atom is 0.133 e. The highest BCUT2D eigenvalue weighted by Gasteiger charge is 2.12. The molecule has 0 aliphatic heterocycles. The highest BCUT2D eigenvalue weighted by molar-refractivity contribution is 6.35. The van der Waals surface area contributed by atoms with Crippen molar-refractivity contribution in [1.29, 1.82) is 0 Å². The van der Waals surface area contributed by atoms with Gasteiger partial charge in [0.1, 0.15) is 5.82 Å². The Morgan fingerprint density at radius 2 is 1.81 bits per heavy atom. The highest BCUT2D eigenvalue weighted by atomic mass is 35.5. The van der Waals surface area contributed by atoms with E-state index in [1.165, 1.54) is 6.07 Å². The topological polar surface area (TPSA) is 26.0 Å². The Labute approximate surface area is 103 Å². The van der Waals surface area contributed by atoms with Crippen molar-refractivity contribution in [2.24, 2.45) is 0 Å². The van der Waals surface area contributed by atoms with Gasteiger partial charge in [-0.15, -0.1) is 0 Å². The Kier molecular flexibility index (Phi) is 3.03. The van der Waals surface area contributed by atoms with Crippen LogP contribution in [0.15, 0.2) is 36.4 Å². The van der Waals surface area contributed by atoms with Crippen LogP contribution in [0.4, 0.5) is 10.1 Å². The number of anilines is 1. The summed E-state index contributed by atoms with van der Waals surface area (Å²) in [6, 6.07) is 9.36. The minimum Gasteiger partial charge on any atom is -0.398 e. The van der Waals surface area contributed by atoms with E-state index >= 15 is 0 Å². The minimum absolute atomic E-state index is 0.287.